The molecule has 0 saturated heterocycles. The van der Waals surface area contributed by atoms with Crippen molar-refractivity contribution in [1.29, 1.82) is 0 Å². The van der Waals surface area contributed by atoms with Gasteiger partial charge in [-0.1, -0.05) is 42.5 Å². The SMILES string of the molecule is COc1cccc(C(c2[nH]c3ccccc3c2CCOC(=O)c2ccc(OC)c(OC)c2)c2c(O)c3ccccc3n(C)c2=O)c1. The van der Waals surface area contributed by atoms with Crippen molar-refractivity contribution in [3.63, 3.8) is 0 Å². The highest BCUT2D eigenvalue weighted by Gasteiger charge is 2.30. The molecule has 234 valence electrons. The second kappa shape index (κ2) is 12.7. The van der Waals surface area contributed by atoms with E-state index in [0.717, 1.165) is 22.0 Å². The first kappa shape index (κ1) is 30.3. The smallest absolute Gasteiger partial charge is 0.338 e. The van der Waals surface area contributed by atoms with E-state index in [9.17, 15) is 14.7 Å². The van der Waals surface area contributed by atoms with Crippen LogP contribution in [-0.2, 0) is 18.2 Å². The van der Waals surface area contributed by atoms with Crippen LogP contribution >= 0.6 is 0 Å². The Balaban J connectivity index is 1.47. The summed E-state index contributed by atoms with van der Waals surface area (Å²) in [5.74, 6) is 0.245. The summed E-state index contributed by atoms with van der Waals surface area (Å²) in [7, 11) is 6.32. The predicted octanol–water partition coefficient (Wildman–Crippen LogP) is 6.33. The molecule has 1 atom stereocenters. The summed E-state index contributed by atoms with van der Waals surface area (Å²) >= 11 is 0. The number of aryl methyl sites for hydroxylation is 1. The molecule has 6 rings (SSSR count). The number of para-hydroxylation sites is 2. The molecule has 46 heavy (non-hydrogen) atoms. The lowest BCUT2D eigenvalue weighted by atomic mass is 9.85. The summed E-state index contributed by atoms with van der Waals surface area (Å²) in [4.78, 5) is 30.7. The Kier molecular flexibility index (Phi) is 8.39. The molecule has 6 aromatic rings. The number of rotatable bonds is 10. The second-order valence-electron chi connectivity index (χ2n) is 10.9. The summed E-state index contributed by atoms with van der Waals surface area (Å²) in [5, 5.41) is 13.2. The number of esters is 1. The molecule has 0 aliphatic rings. The van der Waals surface area contributed by atoms with Crippen molar-refractivity contribution in [2.45, 2.75) is 12.3 Å². The molecule has 0 bridgehead atoms. The summed E-state index contributed by atoms with van der Waals surface area (Å²) in [6.45, 7) is 0.0641. The molecular formula is C37H34N2O7. The van der Waals surface area contributed by atoms with E-state index in [2.05, 4.69) is 4.98 Å². The Morgan fingerprint density at radius 2 is 1.59 bits per heavy atom. The second-order valence-corrected chi connectivity index (χ2v) is 10.9. The van der Waals surface area contributed by atoms with Crippen LogP contribution in [0.5, 0.6) is 23.0 Å². The number of carbonyl (C=O) groups is 1. The number of pyridine rings is 1. The Hall–Kier alpha value is -5.70. The van der Waals surface area contributed by atoms with Crippen LogP contribution in [0.2, 0.25) is 0 Å². The molecule has 0 amide bonds. The van der Waals surface area contributed by atoms with Gasteiger partial charge in [0.1, 0.15) is 11.5 Å². The standard InChI is InChI=1S/C37H34N2O7/c1-39-29-15-8-6-13-27(29)35(40)33(36(39)41)32(22-10-9-11-24(20-22)43-2)34-26(25-12-5-7-14-28(25)38-34)18-19-46-37(42)23-16-17-30(44-3)31(21-23)45-4/h5-17,20-21,32,38,40H,18-19H2,1-4H3. The van der Waals surface area contributed by atoms with Crippen LogP contribution in [0.4, 0.5) is 0 Å². The van der Waals surface area contributed by atoms with E-state index in [-0.39, 0.29) is 23.5 Å². The minimum Gasteiger partial charge on any atom is -0.507 e. The summed E-state index contributed by atoms with van der Waals surface area (Å²) in [6, 6.07) is 27.4. The van der Waals surface area contributed by atoms with Crippen LogP contribution in [0.25, 0.3) is 21.8 Å². The molecule has 2 heterocycles. The number of nitrogens with one attached hydrogen (secondary N) is 1. The van der Waals surface area contributed by atoms with Crippen molar-refractivity contribution in [1.82, 2.24) is 9.55 Å². The van der Waals surface area contributed by atoms with Gasteiger partial charge in [0.15, 0.2) is 11.5 Å². The molecule has 0 fully saturated rings. The van der Waals surface area contributed by atoms with E-state index in [1.54, 1.807) is 43.0 Å². The molecule has 4 aromatic carbocycles. The number of H-pyrrole nitrogens is 1. The molecule has 0 radical (unpaired) electrons. The maximum Gasteiger partial charge on any atom is 0.338 e. The number of hydrogen-bond acceptors (Lipinski definition) is 7. The first-order valence-corrected chi connectivity index (χ1v) is 14.8. The van der Waals surface area contributed by atoms with Gasteiger partial charge < -0.3 is 33.6 Å². The van der Waals surface area contributed by atoms with Crippen LogP contribution in [0.1, 0.15) is 38.7 Å². The van der Waals surface area contributed by atoms with E-state index >= 15 is 0 Å². The van der Waals surface area contributed by atoms with Gasteiger partial charge in [-0.3, -0.25) is 4.79 Å². The lowest BCUT2D eigenvalue weighted by Crippen LogP contribution is -2.25. The van der Waals surface area contributed by atoms with Crippen molar-refractivity contribution in [2.24, 2.45) is 7.05 Å². The molecule has 0 spiro atoms. The molecule has 1 unspecified atom stereocenters. The fourth-order valence-electron chi connectivity index (χ4n) is 6.09. The highest BCUT2D eigenvalue weighted by atomic mass is 16.5. The van der Waals surface area contributed by atoms with E-state index in [0.29, 0.717) is 45.8 Å². The van der Waals surface area contributed by atoms with Gasteiger partial charge in [-0.2, -0.15) is 0 Å². The Morgan fingerprint density at radius 1 is 0.848 bits per heavy atom. The zero-order valence-corrected chi connectivity index (χ0v) is 26.0. The van der Waals surface area contributed by atoms with Gasteiger partial charge in [-0.15, -0.1) is 0 Å². The number of hydrogen-bond donors (Lipinski definition) is 2. The van der Waals surface area contributed by atoms with E-state index < -0.39 is 11.9 Å². The monoisotopic (exact) mass is 618 g/mol. The van der Waals surface area contributed by atoms with Crippen LogP contribution in [0.3, 0.4) is 0 Å². The molecular weight excluding hydrogens is 584 g/mol. The maximum atomic E-state index is 14.1. The quantitative estimate of drug-likeness (QED) is 0.173. The molecule has 0 aliphatic carbocycles. The molecule has 2 aromatic heterocycles. The molecule has 9 heteroatoms. The van der Waals surface area contributed by atoms with E-state index in [4.69, 9.17) is 18.9 Å². The number of aromatic amines is 1. The van der Waals surface area contributed by atoms with Crippen LogP contribution in [0, 0.1) is 0 Å². The van der Waals surface area contributed by atoms with Gasteiger partial charge >= 0.3 is 5.97 Å². The number of ether oxygens (including phenoxy) is 4. The number of fused-ring (bicyclic) bond motifs is 2. The third-order valence-corrected chi connectivity index (χ3v) is 8.37. The molecule has 0 saturated carbocycles. The Morgan fingerprint density at radius 3 is 2.35 bits per heavy atom. The van der Waals surface area contributed by atoms with E-state index in [1.165, 1.54) is 14.2 Å². The number of aromatic nitrogens is 2. The maximum absolute atomic E-state index is 14.1. The van der Waals surface area contributed by atoms with Gasteiger partial charge in [0.25, 0.3) is 5.56 Å². The van der Waals surface area contributed by atoms with Crippen molar-refractivity contribution in [2.75, 3.05) is 27.9 Å². The summed E-state index contributed by atoms with van der Waals surface area (Å²) in [5.41, 5.74) is 4.02. The van der Waals surface area contributed by atoms with Crippen LogP contribution in [0.15, 0.2) is 95.8 Å². The fourth-order valence-corrected chi connectivity index (χ4v) is 6.09. The number of methoxy groups -OCH3 is 3. The Labute approximate surface area is 265 Å². The first-order valence-electron chi connectivity index (χ1n) is 14.8. The number of nitrogens with zero attached hydrogens (tertiary/aromatic N) is 1. The van der Waals surface area contributed by atoms with Crippen LogP contribution < -0.4 is 19.8 Å². The van der Waals surface area contributed by atoms with Gasteiger partial charge in [-0.05, 0) is 59.7 Å². The van der Waals surface area contributed by atoms with E-state index in [1.807, 2.05) is 66.7 Å². The third kappa shape index (κ3) is 5.40. The molecule has 0 aliphatic heterocycles. The first-order chi connectivity index (χ1) is 22.4. The minimum absolute atomic E-state index is 0.0641. The number of benzene rings is 4. The largest absolute Gasteiger partial charge is 0.507 e. The zero-order valence-electron chi connectivity index (χ0n) is 26.0. The Bertz CT molecular complexity index is 2130. The summed E-state index contributed by atoms with van der Waals surface area (Å²) < 4.78 is 23.5. The third-order valence-electron chi connectivity index (χ3n) is 8.37. The zero-order chi connectivity index (χ0) is 32.4. The lowest BCUT2D eigenvalue weighted by Gasteiger charge is -2.22. The highest BCUT2D eigenvalue weighted by Crippen LogP contribution is 2.41. The fraction of sp³-hybridized carbons (Fsp3) is 0.189. The van der Waals surface area contributed by atoms with Crippen molar-refractivity contribution in [3.05, 3.63) is 129 Å². The normalized spacial score (nSPS) is 11.8. The average Bonchev–Trinajstić information content (AvgIpc) is 3.46. The molecule has 9 nitrogen and oxygen atoms in total. The summed E-state index contributed by atoms with van der Waals surface area (Å²) in [6.07, 6.45) is 0.341. The predicted molar refractivity (Wildman–Crippen MR) is 177 cm³/mol. The average molecular weight is 619 g/mol. The van der Waals surface area contributed by atoms with Gasteiger partial charge in [-0.25, -0.2) is 4.79 Å². The van der Waals surface area contributed by atoms with Crippen LogP contribution in [-0.4, -0.2) is 48.6 Å². The number of carbonyl (C=O) groups excluding carboxylic acids is 1. The topological polar surface area (TPSA) is 112 Å². The highest BCUT2D eigenvalue weighted by molar-refractivity contribution is 5.91. The van der Waals surface area contributed by atoms with Gasteiger partial charge in [0.2, 0.25) is 0 Å². The molecule has 2 N–H and O–H groups in total. The van der Waals surface area contributed by atoms with Gasteiger partial charge in [0.05, 0.1) is 50.5 Å². The number of aromatic hydroxyl groups is 1. The minimum atomic E-state index is -0.706. The van der Waals surface area contributed by atoms with Gasteiger partial charge in [0, 0.05) is 35.5 Å². The van der Waals surface area contributed by atoms with Crippen molar-refractivity contribution < 1.29 is 28.8 Å². The van der Waals surface area contributed by atoms with Crippen molar-refractivity contribution in [3.8, 4) is 23.0 Å². The van der Waals surface area contributed by atoms with Crippen molar-refractivity contribution >= 4 is 27.8 Å². The lowest BCUT2D eigenvalue weighted by molar-refractivity contribution is 0.0509.